The summed E-state index contributed by atoms with van der Waals surface area (Å²) in [5.74, 6) is 5.37. The van der Waals surface area contributed by atoms with Crippen LogP contribution in [0.5, 0.6) is 0 Å². The quantitative estimate of drug-likeness (QED) is 0.316. The monoisotopic (exact) mass is 194 g/mol. The van der Waals surface area contributed by atoms with E-state index in [4.69, 9.17) is 5.84 Å². The molecule has 2 fully saturated rings. The molecule has 0 spiro atoms. The third-order valence-corrected chi connectivity index (χ3v) is 1.96. The van der Waals surface area contributed by atoms with E-state index in [1.165, 1.54) is 32.1 Å². The number of hydrogen-bond acceptors (Lipinski definition) is 2. The number of nitrogens with zero attached hydrogens (tertiary/aromatic N) is 1. The minimum Gasteiger partial charge on any atom is -0.329 e. The van der Waals surface area contributed by atoms with E-state index in [1.807, 2.05) is 18.9 Å². The van der Waals surface area contributed by atoms with E-state index in [2.05, 4.69) is 6.42 Å². The molecule has 74 valence electrons. The van der Waals surface area contributed by atoms with Crippen molar-refractivity contribution in [1.82, 2.24) is 5.01 Å². The van der Waals surface area contributed by atoms with E-state index in [9.17, 15) is 0 Å². The molecule has 3 heteroatoms. The molecule has 1 aliphatic carbocycles. The first kappa shape index (κ1) is 16.4. The molecular formula is C10H23N2Na. The van der Waals surface area contributed by atoms with Gasteiger partial charge in [-0.1, -0.05) is 13.8 Å². The van der Waals surface area contributed by atoms with Crippen LogP contribution in [0.3, 0.4) is 0 Å². The smallest absolute Gasteiger partial charge is 0.329 e. The summed E-state index contributed by atoms with van der Waals surface area (Å²) in [7, 11) is 0. The Labute approximate surface area is 106 Å². The van der Waals surface area contributed by atoms with Crippen molar-refractivity contribution in [2.24, 2.45) is 5.84 Å². The maximum atomic E-state index is 5.37. The van der Waals surface area contributed by atoms with E-state index in [0.717, 1.165) is 13.1 Å². The van der Waals surface area contributed by atoms with Gasteiger partial charge in [-0.2, -0.15) is 12.8 Å². The minimum atomic E-state index is 0. The van der Waals surface area contributed by atoms with Crippen molar-refractivity contribution in [3.63, 3.8) is 0 Å². The van der Waals surface area contributed by atoms with E-state index >= 15 is 0 Å². The second kappa shape index (κ2) is 12.9. The third kappa shape index (κ3) is 10.8. The van der Waals surface area contributed by atoms with E-state index in [1.54, 1.807) is 0 Å². The molecule has 0 aromatic rings. The van der Waals surface area contributed by atoms with Crippen molar-refractivity contribution in [2.45, 2.75) is 46.0 Å². The van der Waals surface area contributed by atoms with Gasteiger partial charge in [-0.05, 0) is 12.8 Å². The summed E-state index contributed by atoms with van der Waals surface area (Å²) in [5.41, 5.74) is 0. The fraction of sp³-hybridized carbons (Fsp3) is 0.900. The average Bonchev–Trinajstić information content (AvgIpc) is 2.40. The summed E-state index contributed by atoms with van der Waals surface area (Å²) < 4.78 is 0. The van der Waals surface area contributed by atoms with Gasteiger partial charge in [0.05, 0.1) is 0 Å². The summed E-state index contributed by atoms with van der Waals surface area (Å²) in [5, 5.41) is 1.86. The van der Waals surface area contributed by atoms with E-state index < -0.39 is 0 Å². The fourth-order valence-corrected chi connectivity index (χ4v) is 0.946. The Hall–Kier alpha value is 0.920. The zero-order valence-electron chi connectivity index (χ0n) is 9.55. The van der Waals surface area contributed by atoms with Crippen molar-refractivity contribution < 1.29 is 29.6 Å². The zero-order chi connectivity index (χ0) is 9.23. The molecule has 2 N–H and O–H groups in total. The molecule has 0 amide bonds. The van der Waals surface area contributed by atoms with Crippen molar-refractivity contribution in [2.75, 3.05) is 13.1 Å². The molecule has 2 aliphatic rings. The maximum Gasteiger partial charge on any atom is 1.00 e. The molecule has 1 aliphatic heterocycles. The molecule has 1 heterocycles. The Balaban J connectivity index is 0. The second-order valence-corrected chi connectivity index (χ2v) is 2.96. The van der Waals surface area contributed by atoms with Crippen LogP contribution >= 0.6 is 0 Å². The molecule has 0 atom stereocenters. The standard InChI is InChI=1S/C4H10N2.C4H7.C2H6.Na/c5-6-3-1-2-4-6;1-2-4-3-1;1-2;/h1-5H2;1H,2-4H2;1-2H3;/q;-1;;+1. The summed E-state index contributed by atoms with van der Waals surface area (Å²) in [6.07, 6.45) is 9.08. The van der Waals surface area contributed by atoms with Crippen molar-refractivity contribution in [3.8, 4) is 0 Å². The van der Waals surface area contributed by atoms with Crippen LogP contribution in [-0.2, 0) is 0 Å². The van der Waals surface area contributed by atoms with Crippen LogP contribution < -0.4 is 35.4 Å². The SMILES string of the molecule is CC.NN1CCCC1.[CH-]1CCC1.[Na+]. The van der Waals surface area contributed by atoms with Crippen LogP contribution in [-0.4, -0.2) is 18.1 Å². The van der Waals surface area contributed by atoms with Crippen LogP contribution in [0.15, 0.2) is 0 Å². The summed E-state index contributed by atoms with van der Waals surface area (Å²) >= 11 is 0. The van der Waals surface area contributed by atoms with Gasteiger partial charge in [0.15, 0.2) is 0 Å². The zero-order valence-corrected chi connectivity index (χ0v) is 11.6. The molecule has 1 saturated heterocycles. The molecule has 1 saturated carbocycles. The maximum absolute atomic E-state index is 5.37. The van der Waals surface area contributed by atoms with Crippen molar-refractivity contribution in [1.29, 1.82) is 0 Å². The number of hydrazine groups is 1. The number of rotatable bonds is 0. The van der Waals surface area contributed by atoms with Crippen LogP contribution in [0.2, 0.25) is 0 Å². The predicted octanol–water partition coefficient (Wildman–Crippen LogP) is -0.639. The van der Waals surface area contributed by atoms with Gasteiger partial charge in [0, 0.05) is 13.1 Å². The minimum absolute atomic E-state index is 0. The van der Waals surface area contributed by atoms with Crippen LogP contribution in [0.4, 0.5) is 0 Å². The van der Waals surface area contributed by atoms with E-state index in [-0.39, 0.29) is 29.6 Å². The van der Waals surface area contributed by atoms with Gasteiger partial charge in [-0.25, -0.2) is 5.01 Å². The normalized spacial score (nSPS) is 19.6. The molecule has 0 aromatic carbocycles. The topological polar surface area (TPSA) is 29.3 Å². The number of nitrogens with two attached hydrogens (primary N) is 1. The molecule has 0 unspecified atom stereocenters. The predicted molar refractivity (Wildman–Crippen MR) is 54.5 cm³/mol. The molecule has 0 radical (unpaired) electrons. The number of hydrogen-bond donors (Lipinski definition) is 1. The first-order valence-electron chi connectivity index (χ1n) is 5.21. The van der Waals surface area contributed by atoms with Gasteiger partial charge in [-0.15, -0.1) is 6.42 Å². The molecule has 0 bridgehead atoms. The summed E-state index contributed by atoms with van der Waals surface area (Å²) in [6.45, 7) is 6.19. The first-order chi connectivity index (χ1) is 5.89. The van der Waals surface area contributed by atoms with Crippen LogP contribution in [0, 0.1) is 6.42 Å². The van der Waals surface area contributed by atoms with Gasteiger partial charge < -0.3 is 6.42 Å². The Morgan fingerprint density at radius 2 is 1.31 bits per heavy atom. The third-order valence-electron chi connectivity index (χ3n) is 1.96. The van der Waals surface area contributed by atoms with Gasteiger partial charge in [-0.3, -0.25) is 5.84 Å². The Bertz CT molecular complexity index is 75.0. The average molecular weight is 194 g/mol. The van der Waals surface area contributed by atoms with Gasteiger partial charge >= 0.3 is 29.6 Å². The van der Waals surface area contributed by atoms with Crippen molar-refractivity contribution in [3.05, 3.63) is 6.42 Å². The second-order valence-electron chi connectivity index (χ2n) is 2.96. The van der Waals surface area contributed by atoms with E-state index in [0.29, 0.717) is 0 Å². The summed E-state index contributed by atoms with van der Waals surface area (Å²) in [4.78, 5) is 0. The van der Waals surface area contributed by atoms with Crippen molar-refractivity contribution >= 4 is 0 Å². The molecular weight excluding hydrogens is 171 g/mol. The largest absolute Gasteiger partial charge is 1.00 e. The van der Waals surface area contributed by atoms with Gasteiger partial charge in [0.2, 0.25) is 0 Å². The van der Waals surface area contributed by atoms with Crippen LogP contribution in [0.25, 0.3) is 0 Å². The fourth-order valence-electron chi connectivity index (χ4n) is 0.946. The summed E-state index contributed by atoms with van der Waals surface area (Å²) in [6, 6.07) is 0. The molecule has 13 heavy (non-hydrogen) atoms. The Morgan fingerprint density at radius 1 is 1.00 bits per heavy atom. The molecule has 2 rings (SSSR count). The van der Waals surface area contributed by atoms with Crippen LogP contribution in [0.1, 0.15) is 46.0 Å². The first-order valence-corrected chi connectivity index (χ1v) is 5.21. The molecule has 0 aromatic heterocycles. The van der Waals surface area contributed by atoms with Gasteiger partial charge in [0.1, 0.15) is 0 Å². The Kier molecular flexibility index (Phi) is 16.3. The molecule has 2 nitrogen and oxygen atoms in total. The van der Waals surface area contributed by atoms with Gasteiger partial charge in [0.25, 0.3) is 0 Å². The Morgan fingerprint density at radius 3 is 1.38 bits per heavy atom.